The average molecular weight is 554 g/mol. The lowest BCUT2D eigenvalue weighted by molar-refractivity contribution is -0.127. The Balaban J connectivity index is 1.96. The SMILES string of the molecule is COc1ccc(CO[C@H]2[C@H](OCc3ccccc3)C[C@H](N=[N+]=[N-])CC[C@H]2O[Si](C(C)C)(C(C)C)C(C)C)cc1. The van der Waals surface area contributed by atoms with Crippen molar-refractivity contribution in [2.45, 2.75) is 115 Å². The largest absolute Gasteiger partial charge is 0.497 e. The minimum atomic E-state index is -2.21. The number of hydrogen-bond donors (Lipinski definition) is 0. The van der Waals surface area contributed by atoms with Gasteiger partial charge in [0, 0.05) is 11.0 Å². The third-order valence-corrected chi connectivity index (χ3v) is 14.3. The summed E-state index contributed by atoms with van der Waals surface area (Å²) in [5.41, 5.74) is 12.8. The number of methoxy groups -OCH3 is 1. The summed E-state index contributed by atoms with van der Waals surface area (Å²) in [6.45, 7) is 14.7. The van der Waals surface area contributed by atoms with Gasteiger partial charge in [0.15, 0.2) is 0 Å². The molecule has 2 aromatic rings. The van der Waals surface area contributed by atoms with Crippen molar-refractivity contribution in [3.05, 3.63) is 76.2 Å². The number of azide groups is 1. The van der Waals surface area contributed by atoms with Crippen LogP contribution < -0.4 is 4.74 Å². The van der Waals surface area contributed by atoms with Gasteiger partial charge in [0.25, 0.3) is 0 Å². The van der Waals surface area contributed by atoms with Crippen molar-refractivity contribution in [3.63, 3.8) is 0 Å². The highest BCUT2D eigenvalue weighted by Gasteiger charge is 2.49. The van der Waals surface area contributed by atoms with Crippen LogP contribution in [0.15, 0.2) is 59.7 Å². The summed E-state index contributed by atoms with van der Waals surface area (Å²) in [6, 6.07) is 18.0. The standard InChI is InChI=1S/C31H47N3O4Si/c1-22(2)39(23(3)4,24(5)6)38-29-18-15-27(33-34-32)19-30(36-20-25-11-9-8-10-12-25)31(29)37-21-26-13-16-28(35-7)17-14-26/h8-14,16-17,22-24,27,29-31H,15,18-21H2,1-7H3/t27-,29-,30-,31-/m1/s1. The van der Waals surface area contributed by atoms with E-state index in [1.807, 2.05) is 42.5 Å². The van der Waals surface area contributed by atoms with E-state index < -0.39 is 8.32 Å². The zero-order valence-corrected chi connectivity index (χ0v) is 25.7. The van der Waals surface area contributed by atoms with Gasteiger partial charge in [0.2, 0.25) is 8.32 Å². The molecule has 7 nitrogen and oxygen atoms in total. The molecule has 0 N–H and O–H groups in total. The zero-order valence-electron chi connectivity index (χ0n) is 24.7. The lowest BCUT2D eigenvalue weighted by Crippen LogP contribution is -2.54. The molecule has 0 unspecified atom stereocenters. The Hall–Kier alpha value is -2.35. The molecule has 2 aromatic carbocycles. The fraction of sp³-hybridized carbons (Fsp3) is 0.613. The second-order valence-corrected chi connectivity index (χ2v) is 17.0. The van der Waals surface area contributed by atoms with Gasteiger partial charge < -0.3 is 18.6 Å². The van der Waals surface area contributed by atoms with Crippen LogP contribution in [0, 0.1) is 0 Å². The van der Waals surface area contributed by atoms with Crippen molar-refractivity contribution in [1.82, 2.24) is 0 Å². The van der Waals surface area contributed by atoms with Crippen molar-refractivity contribution < 1.29 is 18.6 Å². The van der Waals surface area contributed by atoms with Crippen LogP contribution in [-0.2, 0) is 27.1 Å². The fourth-order valence-electron chi connectivity index (χ4n) is 6.32. The molecule has 0 bridgehead atoms. The summed E-state index contributed by atoms with van der Waals surface area (Å²) in [7, 11) is -0.544. The van der Waals surface area contributed by atoms with Gasteiger partial charge in [-0.15, -0.1) is 0 Å². The van der Waals surface area contributed by atoms with E-state index in [4.69, 9.17) is 18.6 Å². The number of hydrogen-bond acceptors (Lipinski definition) is 5. The van der Waals surface area contributed by atoms with Crippen LogP contribution in [-0.4, -0.2) is 39.8 Å². The first kappa shape index (κ1) is 31.2. The first-order valence-corrected chi connectivity index (χ1v) is 16.5. The minimum Gasteiger partial charge on any atom is -0.497 e. The summed E-state index contributed by atoms with van der Waals surface area (Å²) >= 11 is 0. The third kappa shape index (κ3) is 8.09. The second kappa shape index (κ2) is 14.9. The Morgan fingerprint density at radius 1 is 0.821 bits per heavy atom. The van der Waals surface area contributed by atoms with Crippen molar-refractivity contribution in [2.75, 3.05) is 7.11 Å². The van der Waals surface area contributed by atoms with E-state index in [1.165, 1.54) is 0 Å². The van der Waals surface area contributed by atoms with Crippen LogP contribution >= 0.6 is 0 Å². The van der Waals surface area contributed by atoms with Gasteiger partial charge in [-0.05, 0) is 64.7 Å². The molecule has 1 aliphatic carbocycles. The second-order valence-electron chi connectivity index (χ2n) is 11.6. The van der Waals surface area contributed by atoms with E-state index in [-0.39, 0.29) is 24.4 Å². The predicted molar refractivity (Wildman–Crippen MR) is 159 cm³/mol. The van der Waals surface area contributed by atoms with Gasteiger partial charge in [-0.1, -0.05) is 89.1 Å². The topological polar surface area (TPSA) is 85.7 Å². The highest BCUT2D eigenvalue weighted by atomic mass is 28.4. The Morgan fingerprint density at radius 2 is 1.41 bits per heavy atom. The van der Waals surface area contributed by atoms with E-state index >= 15 is 0 Å². The van der Waals surface area contributed by atoms with Crippen molar-refractivity contribution in [1.29, 1.82) is 0 Å². The Labute approximate surface area is 236 Å². The van der Waals surface area contributed by atoms with Crippen LogP contribution in [0.25, 0.3) is 10.4 Å². The van der Waals surface area contributed by atoms with E-state index in [9.17, 15) is 5.53 Å². The van der Waals surface area contributed by atoms with Gasteiger partial charge in [-0.3, -0.25) is 0 Å². The highest BCUT2D eigenvalue weighted by Crippen LogP contribution is 2.45. The first-order valence-electron chi connectivity index (χ1n) is 14.3. The van der Waals surface area contributed by atoms with E-state index in [1.54, 1.807) is 7.11 Å². The van der Waals surface area contributed by atoms with Crippen LogP contribution in [0.5, 0.6) is 5.75 Å². The lowest BCUT2D eigenvalue weighted by Gasteiger charge is -2.46. The smallest absolute Gasteiger partial charge is 0.200 e. The maximum absolute atomic E-state index is 9.29. The molecule has 0 spiro atoms. The van der Waals surface area contributed by atoms with Gasteiger partial charge in [-0.25, -0.2) is 0 Å². The van der Waals surface area contributed by atoms with Gasteiger partial charge in [0.05, 0.1) is 32.5 Å². The molecule has 0 aromatic heterocycles. The van der Waals surface area contributed by atoms with Crippen molar-refractivity contribution in [3.8, 4) is 5.75 Å². The molecule has 3 rings (SSSR count). The Bertz CT molecular complexity index is 1020. The fourth-order valence-corrected chi connectivity index (χ4v) is 11.9. The molecule has 4 atom stereocenters. The van der Waals surface area contributed by atoms with Crippen LogP contribution in [0.1, 0.15) is 71.9 Å². The number of rotatable bonds is 13. The summed E-state index contributed by atoms with van der Waals surface area (Å²) in [6.07, 6.45) is 1.40. The summed E-state index contributed by atoms with van der Waals surface area (Å²) < 4.78 is 26.0. The molecule has 1 fully saturated rings. The number of nitrogens with zero attached hydrogens (tertiary/aromatic N) is 3. The molecule has 1 aliphatic rings. The quantitative estimate of drug-likeness (QED) is 0.0817. The number of benzene rings is 2. The lowest BCUT2D eigenvalue weighted by atomic mass is 10.1. The third-order valence-electron chi connectivity index (χ3n) is 8.21. The summed E-state index contributed by atoms with van der Waals surface area (Å²) in [5.74, 6) is 0.817. The Kier molecular flexibility index (Phi) is 11.9. The molecule has 214 valence electrons. The molecule has 0 radical (unpaired) electrons. The van der Waals surface area contributed by atoms with Crippen LogP contribution in [0.4, 0.5) is 0 Å². The molecule has 39 heavy (non-hydrogen) atoms. The van der Waals surface area contributed by atoms with Crippen LogP contribution in [0.3, 0.4) is 0 Å². The molecule has 0 heterocycles. The van der Waals surface area contributed by atoms with E-state index in [0.29, 0.717) is 36.3 Å². The van der Waals surface area contributed by atoms with Crippen LogP contribution in [0.2, 0.25) is 16.6 Å². The molecule has 1 saturated carbocycles. The first-order chi connectivity index (χ1) is 18.7. The van der Waals surface area contributed by atoms with Crippen molar-refractivity contribution in [2.24, 2.45) is 5.11 Å². The van der Waals surface area contributed by atoms with Gasteiger partial charge >= 0.3 is 0 Å². The monoisotopic (exact) mass is 553 g/mol. The van der Waals surface area contributed by atoms with Gasteiger partial charge in [-0.2, -0.15) is 0 Å². The molecule has 0 saturated heterocycles. The highest BCUT2D eigenvalue weighted by molar-refractivity contribution is 6.77. The summed E-state index contributed by atoms with van der Waals surface area (Å²) in [5, 5.41) is 4.14. The molecule has 0 amide bonds. The molecule has 8 heteroatoms. The zero-order chi connectivity index (χ0) is 28.4. The minimum absolute atomic E-state index is 0.151. The molecule has 0 aliphatic heterocycles. The summed E-state index contributed by atoms with van der Waals surface area (Å²) in [4.78, 5) is 3.16. The predicted octanol–water partition coefficient (Wildman–Crippen LogP) is 8.59. The van der Waals surface area contributed by atoms with Gasteiger partial charge in [0.1, 0.15) is 11.9 Å². The van der Waals surface area contributed by atoms with E-state index in [2.05, 4.69) is 63.7 Å². The molecular formula is C31H47N3O4Si. The maximum Gasteiger partial charge on any atom is 0.200 e. The average Bonchev–Trinajstić information content (AvgIpc) is 3.08. The van der Waals surface area contributed by atoms with Crippen molar-refractivity contribution >= 4 is 8.32 Å². The number of ether oxygens (including phenoxy) is 3. The molecular weight excluding hydrogens is 506 g/mol. The Morgan fingerprint density at radius 3 is 1.97 bits per heavy atom. The normalized spacial score (nSPS) is 22.1. The van der Waals surface area contributed by atoms with E-state index in [0.717, 1.165) is 29.7 Å². The maximum atomic E-state index is 9.29.